The van der Waals surface area contributed by atoms with Crippen LogP contribution in [0.4, 0.5) is 0 Å². The summed E-state index contributed by atoms with van der Waals surface area (Å²) in [4.78, 5) is 11.8. The first-order valence-corrected chi connectivity index (χ1v) is 10.2. The Morgan fingerprint density at radius 2 is 2.04 bits per heavy atom. The standard InChI is InChI=1S/C22H29NO/c1-3-22-9-8-16-15-7-5-14(24)10-13(15)4-6-17(16)20(22)18-11-19(18)21(22,2)12-23/h10,15-20H,3-9,11H2,1-2H3/t15-,16+,17+,18+,19-,20+,21?,22-/m0/s1. The van der Waals surface area contributed by atoms with Crippen molar-refractivity contribution in [1.29, 1.82) is 5.26 Å². The predicted octanol–water partition coefficient (Wildman–Crippen LogP) is 4.90. The first-order valence-electron chi connectivity index (χ1n) is 10.2. The second-order valence-corrected chi connectivity index (χ2v) is 9.59. The molecule has 0 aromatic carbocycles. The molecule has 0 radical (unpaired) electrons. The molecule has 128 valence electrons. The lowest BCUT2D eigenvalue weighted by molar-refractivity contribution is -0.116. The average molecular weight is 323 g/mol. The molecule has 0 spiro atoms. The Morgan fingerprint density at radius 1 is 1.21 bits per heavy atom. The van der Waals surface area contributed by atoms with Gasteiger partial charge in [-0.05, 0) is 98.9 Å². The van der Waals surface area contributed by atoms with Crippen LogP contribution in [0.1, 0.15) is 65.2 Å². The molecule has 24 heavy (non-hydrogen) atoms. The van der Waals surface area contributed by atoms with E-state index in [1.54, 1.807) is 0 Å². The topological polar surface area (TPSA) is 40.9 Å². The molecule has 0 amide bonds. The van der Waals surface area contributed by atoms with Gasteiger partial charge >= 0.3 is 0 Å². The summed E-state index contributed by atoms with van der Waals surface area (Å²) in [5, 5.41) is 10.1. The summed E-state index contributed by atoms with van der Waals surface area (Å²) in [5.41, 5.74) is 1.67. The Labute approximate surface area is 145 Å². The predicted molar refractivity (Wildman–Crippen MR) is 92.8 cm³/mol. The molecule has 1 unspecified atom stereocenters. The largest absolute Gasteiger partial charge is 0.295 e. The molecule has 5 aliphatic rings. The average Bonchev–Trinajstić information content (AvgIpc) is 3.36. The maximum Gasteiger partial charge on any atom is 0.155 e. The summed E-state index contributed by atoms with van der Waals surface area (Å²) < 4.78 is 0. The van der Waals surface area contributed by atoms with E-state index >= 15 is 0 Å². The van der Waals surface area contributed by atoms with Crippen LogP contribution in [0.5, 0.6) is 0 Å². The van der Waals surface area contributed by atoms with Crippen molar-refractivity contribution in [2.75, 3.05) is 0 Å². The Kier molecular flexibility index (Phi) is 3.00. The lowest BCUT2D eigenvalue weighted by atomic mass is 9.46. The normalized spacial score (nSPS) is 54.7. The third kappa shape index (κ3) is 1.60. The molecule has 2 heteroatoms. The van der Waals surface area contributed by atoms with Gasteiger partial charge in [0.05, 0.1) is 11.5 Å². The summed E-state index contributed by atoms with van der Waals surface area (Å²) in [7, 11) is 0. The molecule has 4 fully saturated rings. The van der Waals surface area contributed by atoms with E-state index in [-0.39, 0.29) is 10.8 Å². The van der Waals surface area contributed by atoms with E-state index in [1.165, 1.54) is 37.7 Å². The third-order valence-corrected chi connectivity index (χ3v) is 9.32. The van der Waals surface area contributed by atoms with Crippen molar-refractivity contribution in [3.8, 4) is 6.07 Å². The number of nitriles is 1. The van der Waals surface area contributed by atoms with E-state index in [9.17, 15) is 10.1 Å². The van der Waals surface area contributed by atoms with Gasteiger partial charge < -0.3 is 0 Å². The van der Waals surface area contributed by atoms with Gasteiger partial charge in [-0.1, -0.05) is 12.5 Å². The maximum absolute atomic E-state index is 11.8. The Balaban J connectivity index is 1.53. The lowest BCUT2D eigenvalue weighted by Crippen LogP contribution is -2.52. The fourth-order valence-corrected chi connectivity index (χ4v) is 8.28. The summed E-state index contributed by atoms with van der Waals surface area (Å²) in [5.74, 6) is 4.95. The third-order valence-electron chi connectivity index (χ3n) is 9.32. The zero-order chi connectivity index (χ0) is 16.7. The molecule has 4 saturated carbocycles. The molecule has 2 nitrogen and oxygen atoms in total. The van der Waals surface area contributed by atoms with E-state index in [2.05, 4.69) is 19.9 Å². The minimum absolute atomic E-state index is 0.0826. The van der Waals surface area contributed by atoms with Crippen LogP contribution in [0.25, 0.3) is 0 Å². The van der Waals surface area contributed by atoms with Crippen LogP contribution in [-0.4, -0.2) is 5.78 Å². The Bertz CT molecular complexity index is 672. The second-order valence-electron chi connectivity index (χ2n) is 9.59. The lowest BCUT2D eigenvalue weighted by Gasteiger charge is -2.57. The van der Waals surface area contributed by atoms with E-state index in [0.29, 0.717) is 17.6 Å². The van der Waals surface area contributed by atoms with Crippen molar-refractivity contribution < 1.29 is 4.79 Å². The second kappa shape index (κ2) is 4.75. The molecule has 0 N–H and O–H groups in total. The number of allylic oxidation sites excluding steroid dienone is 1. The quantitative estimate of drug-likeness (QED) is 0.688. The van der Waals surface area contributed by atoms with Crippen LogP contribution < -0.4 is 0 Å². The fourth-order valence-electron chi connectivity index (χ4n) is 8.28. The van der Waals surface area contributed by atoms with E-state index in [1.807, 2.05) is 6.08 Å². The first kappa shape index (κ1) is 15.2. The smallest absolute Gasteiger partial charge is 0.155 e. The van der Waals surface area contributed by atoms with Crippen LogP contribution in [0.15, 0.2) is 11.6 Å². The van der Waals surface area contributed by atoms with Crippen LogP contribution in [0.2, 0.25) is 0 Å². The monoisotopic (exact) mass is 323 g/mol. The van der Waals surface area contributed by atoms with Crippen LogP contribution in [0.3, 0.4) is 0 Å². The fraction of sp³-hybridized carbons (Fsp3) is 0.818. The van der Waals surface area contributed by atoms with Gasteiger partial charge in [0.15, 0.2) is 5.78 Å². The van der Waals surface area contributed by atoms with Crippen molar-refractivity contribution >= 4 is 5.78 Å². The molecular formula is C22H29NO. The van der Waals surface area contributed by atoms with Gasteiger partial charge in [0.2, 0.25) is 0 Å². The van der Waals surface area contributed by atoms with Gasteiger partial charge in [0.1, 0.15) is 0 Å². The van der Waals surface area contributed by atoms with Gasteiger partial charge in [-0.15, -0.1) is 0 Å². The molecule has 0 saturated heterocycles. The number of nitrogens with zero attached hydrogens (tertiary/aromatic N) is 1. The van der Waals surface area contributed by atoms with Crippen molar-refractivity contribution in [2.45, 2.75) is 65.2 Å². The Morgan fingerprint density at radius 3 is 2.79 bits per heavy atom. The van der Waals surface area contributed by atoms with Crippen LogP contribution >= 0.6 is 0 Å². The molecule has 0 aromatic rings. The number of rotatable bonds is 1. The highest BCUT2D eigenvalue weighted by atomic mass is 16.1. The molecule has 0 heterocycles. The number of carbonyl (C=O) groups is 1. The highest BCUT2D eigenvalue weighted by Gasteiger charge is 2.75. The number of ketones is 1. The maximum atomic E-state index is 11.8. The Hall–Kier alpha value is -1.10. The number of carbonyl (C=O) groups excluding carboxylic acids is 1. The minimum Gasteiger partial charge on any atom is -0.295 e. The van der Waals surface area contributed by atoms with Gasteiger partial charge in [0, 0.05) is 6.42 Å². The highest BCUT2D eigenvalue weighted by molar-refractivity contribution is 5.91. The number of hydrogen-bond donors (Lipinski definition) is 0. The first-order chi connectivity index (χ1) is 11.6. The van der Waals surface area contributed by atoms with Gasteiger partial charge in [0.25, 0.3) is 0 Å². The van der Waals surface area contributed by atoms with Crippen molar-refractivity contribution in [3.05, 3.63) is 11.6 Å². The molecule has 0 aliphatic heterocycles. The van der Waals surface area contributed by atoms with Gasteiger partial charge in [-0.2, -0.15) is 5.26 Å². The summed E-state index contributed by atoms with van der Waals surface area (Å²) in [6.45, 7) is 4.65. The zero-order valence-electron chi connectivity index (χ0n) is 15.1. The minimum atomic E-state index is -0.0826. The van der Waals surface area contributed by atoms with Crippen LogP contribution in [-0.2, 0) is 4.79 Å². The number of hydrogen-bond acceptors (Lipinski definition) is 2. The summed E-state index contributed by atoms with van der Waals surface area (Å²) in [6.07, 6.45) is 11.3. The van der Waals surface area contributed by atoms with Crippen LogP contribution in [0, 0.1) is 57.7 Å². The molecule has 0 aromatic heterocycles. The van der Waals surface area contributed by atoms with E-state index < -0.39 is 0 Å². The van der Waals surface area contributed by atoms with Crippen molar-refractivity contribution in [3.63, 3.8) is 0 Å². The molecule has 5 aliphatic carbocycles. The van der Waals surface area contributed by atoms with Crippen molar-refractivity contribution in [2.24, 2.45) is 46.3 Å². The molecular weight excluding hydrogens is 294 g/mol. The SMILES string of the molecule is CC[C@]12CC[C@H]3[C@@H](CCC4=CC(=O)CC[C@@H]43)[C@@H]1[C@@H]1C[C@@H]1C2(C)C#N. The zero-order valence-corrected chi connectivity index (χ0v) is 15.1. The highest BCUT2D eigenvalue weighted by Crippen LogP contribution is 2.79. The molecule has 0 bridgehead atoms. The van der Waals surface area contributed by atoms with E-state index in [4.69, 9.17) is 0 Å². The molecule has 5 rings (SSSR count). The van der Waals surface area contributed by atoms with E-state index in [0.717, 1.165) is 42.9 Å². The van der Waals surface area contributed by atoms with Gasteiger partial charge in [-0.3, -0.25) is 4.79 Å². The summed E-state index contributed by atoms with van der Waals surface area (Å²) in [6, 6.07) is 2.82. The van der Waals surface area contributed by atoms with Gasteiger partial charge in [-0.25, -0.2) is 0 Å². The summed E-state index contributed by atoms with van der Waals surface area (Å²) >= 11 is 0. The van der Waals surface area contributed by atoms with Crippen molar-refractivity contribution in [1.82, 2.24) is 0 Å². The molecule has 8 atom stereocenters. The number of fused-ring (bicyclic) bond motifs is 7.